The molecule has 0 bridgehead atoms. The Bertz CT molecular complexity index is 919. The summed E-state index contributed by atoms with van der Waals surface area (Å²) in [5.41, 5.74) is 2.84. The van der Waals surface area contributed by atoms with Gasteiger partial charge in [-0.15, -0.1) is 0 Å². The van der Waals surface area contributed by atoms with E-state index in [4.69, 9.17) is 9.94 Å². The van der Waals surface area contributed by atoms with Crippen molar-refractivity contribution in [3.63, 3.8) is 0 Å². The number of nitrogens with one attached hydrogen (secondary N) is 2. The summed E-state index contributed by atoms with van der Waals surface area (Å²) in [6, 6.07) is 8.25. The average Bonchev–Trinajstić information content (AvgIpc) is 2.95. The molecular formula is C16H13FIN3O3S. The lowest BCUT2D eigenvalue weighted by Crippen LogP contribution is -2.25. The van der Waals surface area contributed by atoms with E-state index in [-0.39, 0.29) is 18.9 Å². The molecule has 0 saturated carbocycles. The number of carbonyl (C=O) groups is 1. The highest BCUT2D eigenvalue weighted by Crippen LogP contribution is 2.36. The van der Waals surface area contributed by atoms with Crippen LogP contribution in [-0.2, 0) is 4.84 Å². The number of hydrogen-bond acceptors (Lipinski definition) is 6. The molecule has 2 aromatic heterocycles. The highest BCUT2D eigenvalue weighted by molar-refractivity contribution is 14.1. The zero-order valence-electron chi connectivity index (χ0n) is 12.8. The maximum atomic E-state index is 14.1. The summed E-state index contributed by atoms with van der Waals surface area (Å²) in [7, 11) is 0. The average molecular weight is 473 g/mol. The number of nitrogens with zero attached hydrogens (tertiary/aromatic N) is 1. The van der Waals surface area contributed by atoms with Gasteiger partial charge in [0.1, 0.15) is 15.6 Å². The second kappa shape index (κ2) is 8.04. The van der Waals surface area contributed by atoms with Crippen molar-refractivity contribution >= 4 is 60.7 Å². The molecule has 0 unspecified atom stereocenters. The molecule has 3 N–H and O–H groups in total. The molecule has 0 atom stereocenters. The summed E-state index contributed by atoms with van der Waals surface area (Å²) in [5.74, 6) is -0.915. The molecule has 25 heavy (non-hydrogen) atoms. The number of carbonyl (C=O) groups excluding carboxylic acids is 1. The molecule has 2 heterocycles. The topological polar surface area (TPSA) is 83.5 Å². The number of amides is 1. The lowest BCUT2D eigenvalue weighted by molar-refractivity contribution is 0.0170. The zero-order valence-corrected chi connectivity index (χ0v) is 15.7. The number of hydroxylamine groups is 1. The lowest BCUT2D eigenvalue weighted by Gasteiger charge is -2.09. The molecule has 0 radical (unpaired) electrons. The minimum absolute atomic E-state index is 0.0272. The van der Waals surface area contributed by atoms with Gasteiger partial charge in [0.05, 0.1) is 24.5 Å². The van der Waals surface area contributed by atoms with Crippen LogP contribution in [0.5, 0.6) is 0 Å². The fourth-order valence-corrected chi connectivity index (χ4v) is 3.68. The Kier molecular flexibility index (Phi) is 5.78. The van der Waals surface area contributed by atoms with Gasteiger partial charge in [0, 0.05) is 15.2 Å². The van der Waals surface area contributed by atoms with Crippen molar-refractivity contribution in [3.8, 4) is 0 Å². The van der Waals surface area contributed by atoms with E-state index in [1.54, 1.807) is 30.5 Å². The van der Waals surface area contributed by atoms with Crippen molar-refractivity contribution < 1.29 is 19.1 Å². The van der Waals surface area contributed by atoms with Crippen molar-refractivity contribution in [3.05, 3.63) is 51.5 Å². The van der Waals surface area contributed by atoms with Gasteiger partial charge < -0.3 is 10.4 Å². The normalized spacial score (nSPS) is 10.8. The van der Waals surface area contributed by atoms with E-state index < -0.39 is 11.7 Å². The summed E-state index contributed by atoms with van der Waals surface area (Å²) < 4.78 is 14.9. The highest BCUT2D eigenvalue weighted by Gasteiger charge is 2.21. The number of aromatic nitrogens is 1. The molecule has 130 valence electrons. The third-order valence-corrected chi connectivity index (χ3v) is 4.93. The van der Waals surface area contributed by atoms with E-state index in [1.807, 2.05) is 22.6 Å². The minimum Gasteiger partial charge on any atom is -0.394 e. The maximum absolute atomic E-state index is 14.1. The Morgan fingerprint density at radius 2 is 2.24 bits per heavy atom. The van der Waals surface area contributed by atoms with Crippen molar-refractivity contribution in [2.24, 2.45) is 0 Å². The quantitative estimate of drug-likeness (QED) is 0.290. The van der Waals surface area contributed by atoms with Gasteiger partial charge in [-0.05, 0) is 52.9 Å². The van der Waals surface area contributed by atoms with E-state index in [0.717, 1.165) is 3.57 Å². The van der Waals surface area contributed by atoms with Crippen LogP contribution in [0.25, 0.3) is 10.2 Å². The van der Waals surface area contributed by atoms with Crippen molar-refractivity contribution in [2.45, 2.75) is 0 Å². The van der Waals surface area contributed by atoms with Gasteiger partial charge in [-0.25, -0.2) is 14.9 Å². The van der Waals surface area contributed by atoms with E-state index in [1.165, 1.54) is 17.4 Å². The Balaban J connectivity index is 1.99. The highest BCUT2D eigenvalue weighted by atomic mass is 127. The molecule has 0 aliphatic carbocycles. The lowest BCUT2D eigenvalue weighted by atomic mass is 10.2. The zero-order chi connectivity index (χ0) is 17.8. The van der Waals surface area contributed by atoms with Crippen molar-refractivity contribution in [1.29, 1.82) is 0 Å². The molecule has 9 heteroatoms. The molecule has 0 spiro atoms. The molecule has 3 aromatic rings. The van der Waals surface area contributed by atoms with Gasteiger partial charge in [0.2, 0.25) is 0 Å². The van der Waals surface area contributed by atoms with Gasteiger partial charge in [0.25, 0.3) is 5.91 Å². The van der Waals surface area contributed by atoms with E-state index in [9.17, 15) is 9.18 Å². The standard InChI is InChI=1S/C16H13FIN3O3S/c17-11-8-9(18)3-4-12(11)20-16-13(14(23)21-24-7-6-22)10-2-1-5-19-15(10)25-16/h1-5,8,20,22H,6-7H2,(H,21,23). The minimum atomic E-state index is -0.499. The third kappa shape index (κ3) is 4.06. The fraction of sp³-hybridized carbons (Fsp3) is 0.125. The van der Waals surface area contributed by atoms with E-state index in [0.29, 0.717) is 20.8 Å². The summed E-state index contributed by atoms with van der Waals surface area (Å²) in [6.45, 7) is -0.244. The number of halogens is 2. The van der Waals surface area contributed by atoms with E-state index in [2.05, 4.69) is 15.8 Å². The molecule has 6 nitrogen and oxygen atoms in total. The first-order chi connectivity index (χ1) is 12.1. The number of rotatable bonds is 6. The van der Waals surface area contributed by atoms with Gasteiger partial charge in [0.15, 0.2) is 0 Å². The number of benzene rings is 1. The molecule has 0 aliphatic rings. The molecule has 1 aromatic carbocycles. The molecule has 0 saturated heterocycles. The Morgan fingerprint density at radius 3 is 3.00 bits per heavy atom. The Morgan fingerprint density at radius 1 is 1.40 bits per heavy atom. The van der Waals surface area contributed by atoms with Crippen molar-refractivity contribution in [2.75, 3.05) is 18.5 Å². The van der Waals surface area contributed by atoms with Gasteiger partial charge in [-0.2, -0.15) is 0 Å². The number of hydrogen-bond donors (Lipinski definition) is 3. The van der Waals surface area contributed by atoms with Crippen LogP contribution in [0, 0.1) is 9.39 Å². The molecule has 0 aliphatic heterocycles. The SMILES string of the molecule is O=C(NOCCO)c1c(Nc2ccc(I)cc2F)sc2ncccc12. The summed E-state index contributed by atoms with van der Waals surface area (Å²) in [5, 5.41) is 12.8. The van der Waals surface area contributed by atoms with Crippen LogP contribution in [-0.4, -0.2) is 29.2 Å². The summed E-state index contributed by atoms with van der Waals surface area (Å²) in [4.78, 5) is 22.2. The number of aliphatic hydroxyl groups excluding tert-OH is 1. The summed E-state index contributed by atoms with van der Waals surface area (Å²) >= 11 is 3.27. The van der Waals surface area contributed by atoms with Crippen LogP contribution in [0.4, 0.5) is 15.1 Å². The van der Waals surface area contributed by atoms with E-state index >= 15 is 0 Å². The maximum Gasteiger partial charge on any atom is 0.278 e. The van der Waals surface area contributed by atoms with Crippen LogP contribution in [0.2, 0.25) is 0 Å². The molecule has 1 amide bonds. The number of thiophene rings is 1. The predicted molar refractivity (Wildman–Crippen MR) is 103 cm³/mol. The van der Waals surface area contributed by atoms with Crippen LogP contribution in [0.3, 0.4) is 0 Å². The largest absolute Gasteiger partial charge is 0.394 e. The summed E-state index contributed by atoms with van der Waals surface area (Å²) in [6.07, 6.45) is 1.62. The number of aliphatic hydroxyl groups is 1. The fourth-order valence-electron chi connectivity index (χ4n) is 2.17. The monoisotopic (exact) mass is 473 g/mol. The van der Waals surface area contributed by atoms with Gasteiger partial charge in [-0.1, -0.05) is 11.3 Å². The van der Waals surface area contributed by atoms with Crippen LogP contribution < -0.4 is 10.8 Å². The van der Waals surface area contributed by atoms with Crippen LogP contribution >= 0.6 is 33.9 Å². The second-order valence-corrected chi connectivity index (χ2v) is 7.16. The molecule has 3 rings (SSSR count). The molecule has 0 fully saturated rings. The smallest absolute Gasteiger partial charge is 0.278 e. The number of anilines is 2. The van der Waals surface area contributed by atoms with Crippen LogP contribution in [0.15, 0.2) is 36.5 Å². The third-order valence-electron chi connectivity index (χ3n) is 3.23. The second-order valence-electron chi connectivity index (χ2n) is 4.91. The Labute approximate surface area is 160 Å². The molecular weight excluding hydrogens is 460 g/mol. The first kappa shape index (κ1) is 18.0. The Hall–Kier alpha value is -1.82. The van der Waals surface area contributed by atoms with Gasteiger partial charge >= 0.3 is 0 Å². The number of fused-ring (bicyclic) bond motifs is 1. The first-order valence-corrected chi connectivity index (χ1v) is 9.12. The van der Waals surface area contributed by atoms with Crippen LogP contribution in [0.1, 0.15) is 10.4 Å². The predicted octanol–water partition coefficient (Wildman–Crippen LogP) is 3.44. The number of pyridine rings is 1. The van der Waals surface area contributed by atoms with Gasteiger partial charge in [-0.3, -0.25) is 9.63 Å². The first-order valence-electron chi connectivity index (χ1n) is 7.22. The van der Waals surface area contributed by atoms with Crippen molar-refractivity contribution in [1.82, 2.24) is 10.5 Å².